The van der Waals surface area contributed by atoms with E-state index in [0.29, 0.717) is 12.3 Å². The van der Waals surface area contributed by atoms with E-state index in [-0.39, 0.29) is 25.0 Å². The minimum atomic E-state index is -1.62. The quantitative estimate of drug-likeness (QED) is 0.294. The van der Waals surface area contributed by atoms with Crippen LogP contribution in [0.5, 0.6) is 0 Å². The summed E-state index contributed by atoms with van der Waals surface area (Å²) in [4.78, 5) is 20.8. The minimum absolute atomic E-state index is 0.0931. The minimum Gasteiger partial charge on any atom is -0.468 e. The molecule has 0 spiro atoms. The van der Waals surface area contributed by atoms with E-state index in [4.69, 9.17) is 38.2 Å². The number of fused-ring (bicyclic) bond motifs is 2. The van der Waals surface area contributed by atoms with Gasteiger partial charge in [-0.15, -0.1) is 0 Å². The van der Waals surface area contributed by atoms with Gasteiger partial charge in [-0.3, -0.25) is 9.79 Å². The molecule has 290 valence electrons. The van der Waals surface area contributed by atoms with Crippen LogP contribution in [0.2, 0.25) is 0 Å². The number of cyclic esters (lactones) is 1. The van der Waals surface area contributed by atoms with Crippen LogP contribution in [-0.4, -0.2) is 149 Å². The van der Waals surface area contributed by atoms with Gasteiger partial charge in [0.25, 0.3) is 0 Å². The molecule has 4 heterocycles. The number of likely N-dealkylation sites (N-methyl/N-ethyl adjacent to an activating group) is 1. The molecule has 0 aromatic heterocycles. The van der Waals surface area contributed by atoms with Gasteiger partial charge in [-0.2, -0.15) is 0 Å². The van der Waals surface area contributed by atoms with Crippen LogP contribution < -0.4 is 0 Å². The number of methoxy groups -OCH3 is 1. The summed E-state index contributed by atoms with van der Waals surface area (Å²) in [6.07, 6.45) is -8.04. The maximum atomic E-state index is 14.1. The number of carbonyl (C=O) groups excluding carboxylic acids is 1. The highest BCUT2D eigenvalue weighted by molar-refractivity contribution is 5.82. The molecular formula is C36H64N2O12. The third-order valence-electron chi connectivity index (χ3n) is 11.7. The Hall–Kier alpha value is -1.46. The summed E-state index contributed by atoms with van der Waals surface area (Å²) < 4.78 is 43.6. The lowest BCUT2D eigenvalue weighted by Gasteiger charge is -2.48. The summed E-state index contributed by atoms with van der Waals surface area (Å²) in [6, 6.07) is -0.766. The number of aliphatic hydroxyl groups excluding tert-OH is 3. The summed E-state index contributed by atoms with van der Waals surface area (Å²) in [6.45, 7) is 17.5. The van der Waals surface area contributed by atoms with Crippen molar-refractivity contribution in [1.29, 1.82) is 0 Å². The van der Waals surface area contributed by atoms with E-state index in [1.54, 1.807) is 48.5 Å². The molecular weight excluding hydrogens is 652 g/mol. The first-order valence-corrected chi connectivity index (χ1v) is 18.1. The number of ether oxygens (including phenoxy) is 7. The topological polar surface area (TPSA) is 178 Å². The molecule has 4 rings (SSSR count). The normalized spacial score (nSPS) is 51.0. The Morgan fingerprint density at radius 3 is 2.14 bits per heavy atom. The number of hydrogen-bond acceptors (Lipinski definition) is 14. The van der Waals surface area contributed by atoms with Gasteiger partial charge in [0, 0.05) is 31.9 Å². The Labute approximate surface area is 297 Å². The standard InChI is InChI=1S/C36H64N2O12/c1-17-15-34(8,43)30(49-33-26(39)24(38(11)12)14-18(2)45-33)19(3)27(48-25-16-35(9,44-13)29(41)22(6)46-25)20(4)32(42)47-23(7)36(10)28(40)21(5)31(37-17)50-36/h17-30,33,39-41,43H,14-16H2,1-13H3/t17-,18?,19+,20-,21?,22?,23-,24?,25?,26?,27+,28-,29?,30-,33?,34+,35?,36-/m1/s1. The van der Waals surface area contributed by atoms with Gasteiger partial charge >= 0.3 is 5.97 Å². The molecule has 0 saturated carbocycles. The predicted octanol–water partition coefficient (Wildman–Crippen LogP) is 2.02. The van der Waals surface area contributed by atoms with Crippen LogP contribution >= 0.6 is 0 Å². The van der Waals surface area contributed by atoms with Gasteiger partial charge in [0.05, 0.1) is 53.5 Å². The van der Waals surface area contributed by atoms with Crippen LogP contribution in [0, 0.1) is 17.8 Å². The Morgan fingerprint density at radius 1 is 0.900 bits per heavy atom. The second-order valence-corrected chi connectivity index (χ2v) is 16.3. The smallest absolute Gasteiger partial charge is 0.311 e. The average molecular weight is 717 g/mol. The summed E-state index contributed by atoms with van der Waals surface area (Å²) in [5.41, 5.74) is -3.90. The molecule has 4 aliphatic heterocycles. The Balaban J connectivity index is 1.81. The molecule has 4 N–H and O–H groups in total. The van der Waals surface area contributed by atoms with E-state index in [1.165, 1.54) is 7.11 Å². The SMILES string of the molecule is COC1(C)CC(O[C@H]2[C@H](C)[C@@H](OC3OC(C)CC(N(C)C)C3O)[C@@](C)(O)C[C@@H](C)N=C3O[C@@](C)([C@H](O)C3C)[C@@H](C)OC(=O)[C@@H]2C)OC(C)C1O. The van der Waals surface area contributed by atoms with Gasteiger partial charge in [0.2, 0.25) is 0 Å². The summed E-state index contributed by atoms with van der Waals surface area (Å²) in [7, 11) is 5.27. The number of rotatable bonds is 6. The fourth-order valence-electron chi connectivity index (χ4n) is 8.26. The molecule has 4 aliphatic rings. The van der Waals surface area contributed by atoms with Crippen molar-refractivity contribution < 1.29 is 58.4 Å². The van der Waals surface area contributed by atoms with Gasteiger partial charge in [0.15, 0.2) is 24.1 Å². The van der Waals surface area contributed by atoms with Crippen molar-refractivity contribution in [3.63, 3.8) is 0 Å². The first-order chi connectivity index (χ1) is 23.1. The van der Waals surface area contributed by atoms with Gasteiger partial charge in [-0.25, -0.2) is 0 Å². The van der Waals surface area contributed by atoms with Crippen molar-refractivity contribution in [3.8, 4) is 0 Å². The van der Waals surface area contributed by atoms with Crippen molar-refractivity contribution in [3.05, 3.63) is 0 Å². The van der Waals surface area contributed by atoms with Crippen molar-refractivity contribution >= 4 is 11.9 Å². The highest BCUT2D eigenvalue weighted by atomic mass is 16.7. The van der Waals surface area contributed by atoms with Crippen molar-refractivity contribution in [2.45, 2.75) is 179 Å². The zero-order valence-corrected chi connectivity index (χ0v) is 32.2. The van der Waals surface area contributed by atoms with Gasteiger partial charge in [-0.05, 0) is 75.9 Å². The molecule has 50 heavy (non-hydrogen) atoms. The third-order valence-corrected chi connectivity index (χ3v) is 11.7. The lowest BCUT2D eigenvalue weighted by Crippen LogP contribution is -2.60. The second kappa shape index (κ2) is 15.5. The zero-order valence-electron chi connectivity index (χ0n) is 32.2. The van der Waals surface area contributed by atoms with Crippen LogP contribution in [-0.2, 0) is 38.0 Å². The largest absolute Gasteiger partial charge is 0.468 e. The van der Waals surface area contributed by atoms with Gasteiger partial charge in [0.1, 0.15) is 24.4 Å². The number of carbonyl (C=O) groups is 1. The predicted molar refractivity (Wildman–Crippen MR) is 183 cm³/mol. The maximum absolute atomic E-state index is 14.1. The Kier molecular flexibility index (Phi) is 12.8. The number of aliphatic imine (C=N–C) groups is 1. The maximum Gasteiger partial charge on any atom is 0.311 e. The van der Waals surface area contributed by atoms with E-state index in [9.17, 15) is 25.2 Å². The second-order valence-electron chi connectivity index (χ2n) is 16.3. The highest BCUT2D eigenvalue weighted by Gasteiger charge is 2.56. The number of nitrogens with zero attached hydrogens (tertiary/aromatic N) is 2. The van der Waals surface area contributed by atoms with E-state index in [1.807, 2.05) is 39.8 Å². The van der Waals surface area contributed by atoms with E-state index in [0.717, 1.165) is 0 Å². The molecule has 0 radical (unpaired) electrons. The molecule has 3 fully saturated rings. The molecule has 3 saturated heterocycles. The zero-order chi connectivity index (χ0) is 37.7. The molecule has 0 aromatic carbocycles. The fraction of sp³-hybridized carbons (Fsp3) is 0.944. The van der Waals surface area contributed by atoms with Crippen molar-refractivity contribution in [1.82, 2.24) is 4.90 Å². The Bertz CT molecular complexity index is 1200. The number of hydrogen-bond donors (Lipinski definition) is 4. The van der Waals surface area contributed by atoms with Crippen molar-refractivity contribution in [2.75, 3.05) is 21.2 Å². The molecule has 0 amide bonds. The molecule has 2 bridgehead atoms. The van der Waals surface area contributed by atoms with E-state index >= 15 is 0 Å². The summed E-state index contributed by atoms with van der Waals surface area (Å²) in [5, 5.41) is 46.1. The number of aliphatic hydroxyl groups is 4. The molecule has 14 nitrogen and oxygen atoms in total. The van der Waals surface area contributed by atoms with Crippen LogP contribution in [0.3, 0.4) is 0 Å². The van der Waals surface area contributed by atoms with Gasteiger partial charge < -0.3 is 58.5 Å². The van der Waals surface area contributed by atoms with Crippen LogP contribution in [0.1, 0.15) is 88.5 Å². The molecule has 14 heteroatoms. The highest BCUT2D eigenvalue weighted by Crippen LogP contribution is 2.41. The first-order valence-electron chi connectivity index (χ1n) is 18.1. The van der Waals surface area contributed by atoms with Crippen LogP contribution in [0.4, 0.5) is 0 Å². The van der Waals surface area contributed by atoms with Crippen LogP contribution in [0.15, 0.2) is 4.99 Å². The third kappa shape index (κ3) is 8.19. The van der Waals surface area contributed by atoms with Gasteiger partial charge in [-0.1, -0.05) is 13.8 Å². The lowest BCUT2D eigenvalue weighted by atomic mass is 9.78. The Morgan fingerprint density at radius 2 is 1.54 bits per heavy atom. The molecule has 18 atom stereocenters. The monoisotopic (exact) mass is 716 g/mol. The molecule has 9 unspecified atom stereocenters. The van der Waals surface area contributed by atoms with Crippen LogP contribution in [0.25, 0.3) is 0 Å². The molecule has 0 aromatic rings. The lowest BCUT2D eigenvalue weighted by molar-refractivity contribution is -0.317. The van der Waals surface area contributed by atoms with E-state index < -0.39 is 102 Å². The van der Waals surface area contributed by atoms with Crippen molar-refractivity contribution in [2.24, 2.45) is 22.7 Å². The summed E-state index contributed by atoms with van der Waals surface area (Å²) in [5.74, 6) is -2.49. The average Bonchev–Trinajstić information content (AvgIpc) is 3.24. The number of esters is 1. The fourth-order valence-corrected chi connectivity index (χ4v) is 8.26. The summed E-state index contributed by atoms with van der Waals surface area (Å²) >= 11 is 0. The van der Waals surface area contributed by atoms with E-state index in [2.05, 4.69) is 0 Å². The molecule has 0 aliphatic carbocycles. The first kappa shape index (κ1) is 41.3.